The summed E-state index contributed by atoms with van der Waals surface area (Å²) in [5.74, 6) is 2.39. The first-order valence-electron chi connectivity index (χ1n) is 13.0. The predicted octanol–water partition coefficient (Wildman–Crippen LogP) is 2.42. The maximum absolute atomic E-state index is 11.4. The van der Waals surface area contributed by atoms with Crippen LogP contribution < -0.4 is 15.2 Å². The highest BCUT2D eigenvalue weighted by atomic mass is 16.6. The van der Waals surface area contributed by atoms with Crippen molar-refractivity contribution in [1.29, 1.82) is 0 Å². The smallest absolute Gasteiger partial charge is 0.243 e. The van der Waals surface area contributed by atoms with E-state index in [9.17, 15) is 4.79 Å². The Morgan fingerprint density at radius 1 is 1.24 bits per heavy atom. The number of hydrogen-bond donors (Lipinski definition) is 1. The molecule has 1 aromatic carbocycles. The molecule has 1 saturated heterocycles. The Labute approximate surface area is 201 Å². The molecule has 8 rings (SSSR count). The van der Waals surface area contributed by atoms with Gasteiger partial charge in [-0.2, -0.15) is 0 Å². The van der Waals surface area contributed by atoms with Crippen molar-refractivity contribution < 1.29 is 23.7 Å². The Kier molecular flexibility index (Phi) is 4.49. The van der Waals surface area contributed by atoms with Crippen LogP contribution in [0.25, 0.3) is 0 Å². The minimum absolute atomic E-state index is 0.0462. The molecule has 2 N–H and O–H groups in total. The molecule has 184 valence electrons. The number of fused-ring (bicyclic) bond motifs is 2. The molecule has 0 radical (unpaired) electrons. The van der Waals surface area contributed by atoms with E-state index in [2.05, 4.69) is 17.0 Å². The number of amides is 1. The molecule has 7 aliphatic rings. The third-order valence-corrected chi connectivity index (χ3v) is 10.6. The summed E-state index contributed by atoms with van der Waals surface area (Å²) < 4.78 is 25.1. The lowest BCUT2D eigenvalue weighted by molar-refractivity contribution is -0.283. The lowest BCUT2D eigenvalue weighted by Crippen LogP contribution is -2.81. The van der Waals surface area contributed by atoms with Gasteiger partial charge in [-0.05, 0) is 69.0 Å². The fourth-order valence-corrected chi connectivity index (χ4v) is 9.20. The van der Waals surface area contributed by atoms with Crippen LogP contribution in [-0.4, -0.2) is 69.1 Å². The van der Waals surface area contributed by atoms with Crippen molar-refractivity contribution in [3.8, 4) is 11.5 Å². The molecule has 2 aliphatic heterocycles. The molecule has 5 aliphatic carbocycles. The highest BCUT2D eigenvalue weighted by molar-refractivity contribution is 5.75. The van der Waals surface area contributed by atoms with Crippen LogP contribution in [0, 0.1) is 17.3 Å². The lowest BCUT2D eigenvalue weighted by Gasteiger charge is -2.74. The number of primary amides is 1. The third kappa shape index (κ3) is 2.46. The zero-order valence-corrected chi connectivity index (χ0v) is 20.3. The number of nitrogens with two attached hydrogens (primary N) is 1. The van der Waals surface area contributed by atoms with Crippen molar-refractivity contribution in [1.82, 2.24) is 4.90 Å². The second kappa shape index (κ2) is 7.11. The summed E-state index contributed by atoms with van der Waals surface area (Å²) in [6, 6.07) is 4.89. The van der Waals surface area contributed by atoms with Gasteiger partial charge in [-0.25, -0.2) is 0 Å². The monoisotopic (exact) mass is 468 g/mol. The molecule has 4 saturated carbocycles. The van der Waals surface area contributed by atoms with Crippen molar-refractivity contribution in [3.63, 3.8) is 0 Å². The molecule has 2 spiro atoms. The van der Waals surface area contributed by atoms with Crippen LogP contribution in [0.4, 0.5) is 0 Å². The van der Waals surface area contributed by atoms with Gasteiger partial charge in [0, 0.05) is 42.0 Å². The summed E-state index contributed by atoms with van der Waals surface area (Å²) in [5.41, 5.74) is 7.87. The first-order valence-corrected chi connectivity index (χ1v) is 13.0. The van der Waals surface area contributed by atoms with Crippen LogP contribution in [0.15, 0.2) is 12.1 Å². The number of methoxy groups -OCH3 is 2. The Hall–Kier alpha value is -1.83. The number of piperidine rings is 1. The zero-order valence-electron chi connectivity index (χ0n) is 20.3. The summed E-state index contributed by atoms with van der Waals surface area (Å²) in [5, 5.41) is 0. The Bertz CT molecular complexity index is 1040. The maximum Gasteiger partial charge on any atom is 0.243 e. The normalized spacial score (nSPS) is 41.2. The number of hydrogen-bond acceptors (Lipinski definition) is 6. The summed E-state index contributed by atoms with van der Waals surface area (Å²) in [7, 11) is 3.57. The van der Waals surface area contributed by atoms with E-state index in [1.54, 1.807) is 7.11 Å². The van der Waals surface area contributed by atoms with E-state index in [1.165, 1.54) is 30.5 Å². The molecule has 7 heteroatoms. The molecule has 1 aromatic rings. The summed E-state index contributed by atoms with van der Waals surface area (Å²) in [4.78, 5) is 14.2. The van der Waals surface area contributed by atoms with Gasteiger partial charge in [0.2, 0.25) is 5.91 Å². The molecule has 5 fully saturated rings. The number of benzene rings is 1. The molecule has 6 atom stereocenters. The quantitative estimate of drug-likeness (QED) is 0.631. The molecule has 7 nitrogen and oxygen atoms in total. The number of ether oxygens (including phenoxy) is 4. The SMILES string of the molecule is COc1ccc2c3c1O[C@H]1[C@@]4(OC)CC[C@@]5(C[C@@H]4COCC(N)=O)[C@@H](C2)N(CC2CC2)CC[C@]315. The molecule has 2 heterocycles. The van der Waals surface area contributed by atoms with Crippen LogP contribution in [-0.2, 0) is 26.1 Å². The average Bonchev–Trinajstić information content (AvgIpc) is 3.57. The number of rotatable bonds is 8. The second-order valence-corrected chi connectivity index (χ2v) is 11.7. The Morgan fingerprint density at radius 3 is 2.82 bits per heavy atom. The van der Waals surface area contributed by atoms with E-state index < -0.39 is 11.5 Å². The minimum atomic E-state index is -0.443. The highest BCUT2D eigenvalue weighted by Crippen LogP contribution is 2.76. The van der Waals surface area contributed by atoms with Crippen LogP contribution in [0.2, 0.25) is 0 Å². The summed E-state index contributed by atoms with van der Waals surface area (Å²) in [6.45, 7) is 2.78. The van der Waals surface area contributed by atoms with Gasteiger partial charge in [0.15, 0.2) is 11.5 Å². The van der Waals surface area contributed by atoms with E-state index in [0.29, 0.717) is 12.6 Å². The van der Waals surface area contributed by atoms with E-state index >= 15 is 0 Å². The van der Waals surface area contributed by atoms with E-state index in [1.807, 2.05) is 7.11 Å². The summed E-state index contributed by atoms with van der Waals surface area (Å²) in [6.07, 6.45) is 8.02. The highest BCUT2D eigenvalue weighted by Gasteiger charge is 2.80. The number of nitrogens with zero attached hydrogens (tertiary/aromatic N) is 1. The Balaban J connectivity index is 1.39. The van der Waals surface area contributed by atoms with Gasteiger partial charge < -0.3 is 24.7 Å². The Morgan fingerprint density at radius 2 is 2.09 bits per heavy atom. The third-order valence-electron chi connectivity index (χ3n) is 10.6. The number of likely N-dealkylation sites (tertiary alicyclic amines) is 1. The van der Waals surface area contributed by atoms with Crippen LogP contribution >= 0.6 is 0 Å². The zero-order chi connectivity index (χ0) is 23.3. The first-order chi connectivity index (χ1) is 16.5. The van der Waals surface area contributed by atoms with Gasteiger partial charge in [-0.3, -0.25) is 9.69 Å². The van der Waals surface area contributed by atoms with Gasteiger partial charge in [-0.15, -0.1) is 0 Å². The van der Waals surface area contributed by atoms with Crippen LogP contribution in [0.3, 0.4) is 0 Å². The standard InChI is InChI=1S/C27H36N2O5/c1-31-19-6-5-17-11-20-25-7-8-27(32-2,18(12-25)14-33-15-21(28)30)24-26(25,22(17)23(19)34-24)9-10-29(20)13-16-3-4-16/h5-6,16,18,20,24H,3-4,7-15H2,1-2H3,(H2,28,30)/t18-,20-,24-,25-,26+,27-/m1/s1. The van der Waals surface area contributed by atoms with Crippen LogP contribution in [0.5, 0.6) is 11.5 Å². The molecule has 0 aromatic heterocycles. The van der Waals surface area contributed by atoms with Crippen molar-refractivity contribution in [3.05, 3.63) is 23.3 Å². The van der Waals surface area contributed by atoms with Gasteiger partial charge >= 0.3 is 0 Å². The van der Waals surface area contributed by atoms with Crippen molar-refractivity contribution >= 4 is 5.91 Å². The molecule has 1 amide bonds. The average molecular weight is 469 g/mol. The number of carbonyl (C=O) groups excluding carboxylic acids is 1. The first kappa shape index (κ1) is 21.5. The van der Waals surface area contributed by atoms with Gasteiger partial charge in [0.25, 0.3) is 0 Å². The van der Waals surface area contributed by atoms with Crippen LogP contribution in [0.1, 0.15) is 49.7 Å². The van der Waals surface area contributed by atoms with Crippen molar-refractivity contribution in [2.75, 3.05) is 40.5 Å². The fraction of sp³-hybridized carbons (Fsp3) is 0.741. The maximum atomic E-state index is 11.4. The van der Waals surface area contributed by atoms with Gasteiger partial charge in [0.05, 0.1) is 13.7 Å². The van der Waals surface area contributed by atoms with E-state index in [4.69, 9.17) is 24.7 Å². The molecule has 4 bridgehead atoms. The molecular weight excluding hydrogens is 432 g/mol. The van der Waals surface area contributed by atoms with Crippen molar-refractivity contribution in [2.24, 2.45) is 23.0 Å². The largest absolute Gasteiger partial charge is 0.493 e. The topological polar surface area (TPSA) is 83.2 Å². The fourth-order valence-electron chi connectivity index (χ4n) is 9.20. The van der Waals surface area contributed by atoms with E-state index in [0.717, 1.165) is 56.1 Å². The summed E-state index contributed by atoms with van der Waals surface area (Å²) >= 11 is 0. The number of carbonyl (C=O) groups is 1. The van der Waals surface area contributed by atoms with Gasteiger partial charge in [-0.1, -0.05) is 6.07 Å². The molecular formula is C27H36N2O5. The van der Waals surface area contributed by atoms with Crippen molar-refractivity contribution in [2.45, 2.75) is 68.1 Å². The second-order valence-electron chi connectivity index (χ2n) is 11.7. The van der Waals surface area contributed by atoms with Gasteiger partial charge in [0.1, 0.15) is 18.3 Å². The lowest BCUT2D eigenvalue weighted by atomic mass is 9.35. The predicted molar refractivity (Wildman–Crippen MR) is 125 cm³/mol. The van der Waals surface area contributed by atoms with E-state index in [-0.39, 0.29) is 29.5 Å². The minimum Gasteiger partial charge on any atom is -0.493 e. The molecule has 34 heavy (non-hydrogen) atoms. The molecule has 0 unspecified atom stereocenters.